The highest BCUT2D eigenvalue weighted by Crippen LogP contribution is 2.32. The predicted octanol–water partition coefficient (Wildman–Crippen LogP) is 3.81. The molecule has 1 aromatic heterocycles. The molecule has 0 aliphatic carbocycles. The molecule has 0 radical (unpaired) electrons. The average molecular weight is 347 g/mol. The summed E-state index contributed by atoms with van der Waals surface area (Å²) in [5.41, 5.74) is 2.49. The lowest BCUT2D eigenvalue weighted by molar-refractivity contribution is 0.198. The molecular weight excluding hydrogens is 328 g/mol. The van der Waals surface area contributed by atoms with Gasteiger partial charge in [-0.3, -0.25) is 4.98 Å². The quantitative estimate of drug-likeness (QED) is 0.913. The lowest BCUT2D eigenvalue weighted by atomic mass is 9.88. The summed E-state index contributed by atoms with van der Waals surface area (Å²) in [5.74, 6) is 0.796. The molecule has 1 saturated heterocycles. The van der Waals surface area contributed by atoms with E-state index in [-0.39, 0.29) is 5.54 Å². The van der Waals surface area contributed by atoms with Gasteiger partial charge in [0, 0.05) is 10.7 Å². The molecule has 4 heteroatoms. The highest BCUT2D eigenvalue weighted by molar-refractivity contribution is 9.10. The number of ether oxygens (including phenoxy) is 1. The first-order valence-electron chi connectivity index (χ1n) is 7.23. The van der Waals surface area contributed by atoms with Crippen LogP contribution in [0.4, 0.5) is 0 Å². The van der Waals surface area contributed by atoms with Crippen molar-refractivity contribution in [1.82, 2.24) is 10.3 Å². The van der Waals surface area contributed by atoms with Gasteiger partial charge in [-0.15, -0.1) is 0 Å². The Bertz CT molecular complexity index is 606. The number of nitrogens with one attached hydrogen (secondary N) is 1. The van der Waals surface area contributed by atoms with Crippen LogP contribution < -0.4 is 10.1 Å². The Morgan fingerprint density at radius 1 is 1.29 bits per heavy atom. The van der Waals surface area contributed by atoms with Crippen molar-refractivity contribution in [2.45, 2.75) is 25.3 Å². The summed E-state index contributed by atoms with van der Waals surface area (Å²) < 4.78 is 6.94. The Morgan fingerprint density at radius 2 is 2.10 bits per heavy atom. The molecule has 1 aliphatic rings. The van der Waals surface area contributed by atoms with Gasteiger partial charge in [0.15, 0.2) is 0 Å². The number of hydrogen-bond acceptors (Lipinski definition) is 3. The van der Waals surface area contributed by atoms with E-state index in [4.69, 9.17) is 4.74 Å². The number of nitrogens with zero attached hydrogens (tertiary/aromatic N) is 1. The minimum Gasteiger partial charge on any atom is -0.490 e. The minimum atomic E-state index is -0.0873. The normalized spacial score (nSPS) is 21.4. The Hall–Kier alpha value is -1.39. The van der Waals surface area contributed by atoms with Gasteiger partial charge in [-0.2, -0.15) is 0 Å². The van der Waals surface area contributed by atoms with E-state index in [1.807, 2.05) is 6.07 Å². The van der Waals surface area contributed by atoms with Crippen LogP contribution in [0.5, 0.6) is 5.75 Å². The van der Waals surface area contributed by atoms with Gasteiger partial charge in [0.1, 0.15) is 12.4 Å². The Morgan fingerprint density at radius 3 is 2.76 bits per heavy atom. The van der Waals surface area contributed by atoms with Crippen LogP contribution in [-0.4, -0.2) is 18.1 Å². The van der Waals surface area contributed by atoms with Gasteiger partial charge < -0.3 is 10.1 Å². The van der Waals surface area contributed by atoms with Crippen LogP contribution in [-0.2, 0) is 5.54 Å². The van der Waals surface area contributed by atoms with Crippen LogP contribution in [0, 0.1) is 6.92 Å². The van der Waals surface area contributed by atoms with Crippen molar-refractivity contribution in [3.05, 3.63) is 58.3 Å². The average Bonchev–Trinajstić information content (AvgIpc) is 2.96. The zero-order valence-electron chi connectivity index (χ0n) is 12.1. The van der Waals surface area contributed by atoms with Gasteiger partial charge >= 0.3 is 0 Å². The van der Waals surface area contributed by atoms with E-state index in [0.717, 1.165) is 23.2 Å². The van der Waals surface area contributed by atoms with Crippen molar-refractivity contribution in [2.75, 3.05) is 13.2 Å². The topological polar surface area (TPSA) is 34.1 Å². The second-order valence-corrected chi connectivity index (χ2v) is 6.52. The molecular formula is C17H19BrN2O. The summed E-state index contributed by atoms with van der Waals surface area (Å²) in [6.07, 6.45) is 5.78. The summed E-state index contributed by atoms with van der Waals surface area (Å²) in [7, 11) is 0. The van der Waals surface area contributed by atoms with E-state index in [9.17, 15) is 0 Å². The number of aryl methyl sites for hydroxylation is 1. The fraction of sp³-hybridized carbons (Fsp3) is 0.353. The van der Waals surface area contributed by atoms with Crippen molar-refractivity contribution in [3.63, 3.8) is 0 Å². The van der Waals surface area contributed by atoms with E-state index in [1.54, 1.807) is 12.4 Å². The van der Waals surface area contributed by atoms with E-state index in [1.165, 1.54) is 17.5 Å². The van der Waals surface area contributed by atoms with Crippen molar-refractivity contribution < 1.29 is 4.74 Å². The molecule has 3 nitrogen and oxygen atoms in total. The maximum absolute atomic E-state index is 6.00. The van der Waals surface area contributed by atoms with Gasteiger partial charge in [-0.25, -0.2) is 0 Å². The van der Waals surface area contributed by atoms with Crippen LogP contribution in [0.2, 0.25) is 0 Å². The number of benzene rings is 1. The van der Waals surface area contributed by atoms with Gasteiger partial charge in [0.05, 0.1) is 11.7 Å². The number of pyridine rings is 1. The third-order valence-electron chi connectivity index (χ3n) is 4.01. The van der Waals surface area contributed by atoms with E-state index >= 15 is 0 Å². The standard InChI is InChI=1S/C17H19BrN2O/c1-13-3-5-14(6-4-13)17(7-2-8-20-17)12-21-16-9-15(18)10-19-11-16/h3-6,9-11,20H,2,7-8,12H2,1H3/t17-/m1/s1. The third-order valence-corrected chi connectivity index (χ3v) is 4.45. The predicted molar refractivity (Wildman–Crippen MR) is 87.5 cm³/mol. The van der Waals surface area contributed by atoms with E-state index in [0.29, 0.717) is 6.61 Å². The van der Waals surface area contributed by atoms with E-state index in [2.05, 4.69) is 57.4 Å². The number of hydrogen-bond donors (Lipinski definition) is 1. The van der Waals surface area contributed by atoms with Crippen molar-refractivity contribution in [1.29, 1.82) is 0 Å². The van der Waals surface area contributed by atoms with Crippen LogP contribution in [0.15, 0.2) is 47.2 Å². The number of rotatable bonds is 4. The largest absolute Gasteiger partial charge is 0.490 e. The zero-order chi connectivity index (χ0) is 14.7. The minimum absolute atomic E-state index is 0.0873. The molecule has 0 amide bonds. The molecule has 1 aromatic carbocycles. The van der Waals surface area contributed by atoms with Gasteiger partial charge in [-0.05, 0) is 53.9 Å². The maximum Gasteiger partial charge on any atom is 0.138 e. The van der Waals surface area contributed by atoms with Crippen LogP contribution >= 0.6 is 15.9 Å². The van der Waals surface area contributed by atoms with Crippen molar-refractivity contribution in [3.8, 4) is 5.75 Å². The Balaban J connectivity index is 1.80. The zero-order valence-corrected chi connectivity index (χ0v) is 13.7. The highest BCUT2D eigenvalue weighted by atomic mass is 79.9. The van der Waals surface area contributed by atoms with Gasteiger partial charge in [0.25, 0.3) is 0 Å². The molecule has 0 spiro atoms. The second-order valence-electron chi connectivity index (χ2n) is 5.61. The van der Waals surface area contributed by atoms with Crippen molar-refractivity contribution in [2.24, 2.45) is 0 Å². The number of halogens is 1. The first-order chi connectivity index (χ1) is 10.2. The van der Waals surface area contributed by atoms with Crippen molar-refractivity contribution >= 4 is 15.9 Å². The summed E-state index contributed by atoms with van der Waals surface area (Å²) in [6.45, 7) is 3.77. The molecule has 0 saturated carbocycles. The molecule has 2 aromatic rings. The molecule has 1 atom stereocenters. The van der Waals surface area contributed by atoms with Crippen LogP contribution in [0.3, 0.4) is 0 Å². The molecule has 0 unspecified atom stereocenters. The summed E-state index contributed by atoms with van der Waals surface area (Å²) in [4.78, 5) is 4.14. The van der Waals surface area contributed by atoms with E-state index < -0.39 is 0 Å². The Kier molecular flexibility index (Phi) is 4.27. The smallest absolute Gasteiger partial charge is 0.138 e. The molecule has 21 heavy (non-hydrogen) atoms. The van der Waals surface area contributed by atoms with Crippen LogP contribution in [0.1, 0.15) is 24.0 Å². The molecule has 0 bridgehead atoms. The molecule has 1 fully saturated rings. The Labute approximate surface area is 133 Å². The lowest BCUT2D eigenvalue weighted by Gasteiger charge is -2.30. The third kappa shape index (κ3) is 3.27. The first kappa shape index (κ1) is 14.5. The summed E-state index contributed by atoms with van der Waals surface area (Å²) in [6, 6.07) is 10.7. The fourth-order valence-corrected chi connectivity index (χ4v) is 3.15. The SMILES string of the molecule is Cc1ccc([C@]2(COc3cncc(Br)c3)CCCN2)cc1. The van der Waals surface area contributed by atoms with Gasteiger partial charge in [0.2, 0.25) is 0 Å². The molecule has 2 heterocycles. The lowest BCUT2D eigenvalue weighted by Crippen LogP contribution is -2.42. The summed E-state index contributed by atoms with van der Waals surface area (Å²) in [5, 5.41) is 3.63. The highest BCUT2D eigenvalue weighted by Gasteiger charge is 2.36. The summed E-state index contributed by atoms with van der Waals surface area (Å²) >= 11 is 3.42. The molecule has 3 rings (SSSR count). The number of aromatic nitrogens is 1. The molecule has 1 N–H and O–H groups in total. The monoisotopic (exact) mass is 346 g/mol. The van der Waals surface area contributed by atoms with Crippen LogP contribution in [0.25, 0.3) is 0 Å². The van der Waals surface area contributed by atoms with Gasteiger partial charge in [-0.1, -0.05) is 29.8 Å². The molecule has 110 valence electrons. The fourth-order valence-electron chi connectivity index (χ4n) is 2.81. The first-order valence-corrected chi connectivity index (χ1v) is 8.03. The second kappa shape index (κ2) is 6.16. The maximum atomic E-state index is 6.00. The molecule has 1 aliphatic heterocycles.